The predicted molar refractivity (Wildman–Crippen MR) is 85.9 cm³/mol. The van der Waals surface area contributed by atoms with Gasteiger partial charge in [-0.1, -0.05) is 6.92 Å². The van der Waals surface area contributed by atoms with Gasteiger partial charge in [-0.3, -0.25) is 9.40 Å². The van der Waals surface area contributed by atoms with Gasteiger partial charge in [-0.2, -0.15) is 13.5 Å². The maximum absolute atomic E-state index is 12.3. The van der Waals surface area contributed by atoms with Crippen molar-refractivity contribution >= 4 is 33.2 Å². The topological polar surface area (TPSA) is 90.0 Å². The molecule has 0 aliphatic heterocycles. The molecule has 114 valence electrons. The fourth-order valence-corrected chi connectivity index (χ4v) is 3.77. The first-order valence-corrected chi connectivity index (χ1v) is 8.94. The Hall–Kier alpha value is -1.67. The van der Waals surface area contributed by atoms with Crippen molar-refractivity contribution in [2.24, 2.45) is 7.05 Å². The number of nitrogens with two attached hydrogens (primary N) is 1. The highest BCUT2D eigenvalue weighted by atomic mass is 32.2. The van der Waals surface area contributed by atoms with Crippen LogP contribution in [0.25, 0.3) is 0 Å². The summed E-state index contributed by atoms with van der Waals surface area (Å²) in [6.45, 7) is 2.09. The van der Waals surface area contributed by atoms with Crippen LogP contribution in [0.2, 0.25) is 0 Å². The Kier molecular flexibility index (Phi) is 4.79. The lowest BCUT2D eigenvalue weighted by atomic mass is 10.3. The maximum atomic E-state index is 12.3. The second-order valence-electron chi connectivity index (χ2n) is 4.50. The van der Waals surface area contributed by atoms with E-state index < -0.39 is 10.0 Å². The van der Waals surface area contributed by atoms with E-state index in [2.05, 4.69) is 16.7 Å². The minimum absolute atomic E-state index is 0.0912. The monoisotopic (exact) mass is 326 g/mol. The number of thioether (sulfide) groups is 1. The van der Waals surface area contributed by atoms with Gasteiger partial charge in [0.05, 0.1) is 17.6 Å². The minimum Gasteiger partial charge on any atom is -0.397 e. The average molecular weight is 326 g/mol. The summed E-state index contributed by atoms with van der Waals surface area (Å²) in [4.78, 5) is 0.980. The molecule has 1 aromatic heterocycles. The SMILES string of the molecule is CCCSc1ccc(N)c(NS(=O)(=O)c2ccnn2C)c1. The highest BCUT2D eigenvalue weighted by molar-refractivity contribution is 7.99. The molecule has 0 bridgehead atoms. The fourth-order valence-electron chi connectivity index (χ4n) is 1.76. The van der Waals surface area contributed by atoms with Crippen molar-refractivity contribution in [3.63, 3.8) is 0 Å². The Bertz CT molecular complexity index is 726. The van der Waals surface area contributed by atoms with Crippen molar-refractivity contribution in [1.29, 1.82) is 0 Å². The standard InChI is InChI=1S/C13H18N4O2S2/c1-3-8-20-10-4-5-11(14)12(9-10)16-21(18,19)13-6-7-15-17(13)2/h4-7,9,16H,3,8,14H2,1-2H3. The smallest absolute Gasteiger partial charge is 0.279 e. The zero-order chi connectivity index (χ0) is 15.5. The van der Waals surface area contributed by atoms with E-state index in [9.17, 15) is 8.42 Å². The van der Waals surface area contributed by atoms with E-state index in [1.54, 1.807) is 30.9 Å². The van der Waals surface area contributed by atoms with Gasteiger partial charge in [0.1, 0.15) is 0 Å². The summed E-state index contributed by atoms with van der Waals surface area (Å²) in [6, 6.07) is 6.79. The molecule has 1 heterocycles. The van der Waals surface area contributed by atoms with Crippen molar-refractivity contribution in [2.45, 2.75) is 23.3 Å². The molecule has 2 aromatic rings. The first-order chi connectivity index (χ1) is 9.94. The number of benzene rings is 1. The Morgan fingerprint density at radius 3 is 2.76 bits per heavy atom. The van der Waals surface area contributed by atoms with E-state index in [1.165, 1.54) is 16.9 Å². The molecule has 6 nitrogen and oxygen atoms in total. The lowest BCUT2D eigenvalue weighted by Crippen LogP contribution is -2.17. The molecule has 3 N–H and O–H groups in total. The molecule has 0 unspecified atom stereocenters. The van der Waals surface area contributed by atoms with Crippen LogP contribution in [0.3, 0.4) is 0 Å². The molecule has 0 atom stereocenters. The number of nitrogen functional groups attached to an aromatic ring is 1. The van der Waals surface area contributed by atoms with Crippen LogP contribution in [0.4, 0.5) is 11.4 Å². The number of hydrogen-bond acceptors (Lipinski definition) is 5. The average Bonchev–Trinajstić information content (AvgIpc) is 2.86. The highest BCUT2D eigenvalue weighted by Gasteiger charge is 2.19. The summed E-state index contributed by atoms with van der Waals surface area (Å²) in [7, 11) is -2.12. The summed E-state index contributed by atoms with van der Waals surface area (Å²) in [5.41, 5.74) is 6.63. The van der Waals surface area contributed by atoms with Crippen LogP contribution in [-0.4, -0.2) is 24.0 Å². The molecule has 0 aliphatic rings. The summed E-state index contributed by atoms with van der Waals surface area (Å²) >= 11 is 1.66. The Balaban J connectivity index is 2.28. The van der Waals surface area contributed by atoms with Crippen molar-refractivity contribution in [3.8, 4) is 0 Å². The largest absolute Gasteiger partial charge is 0.397 e. The lowest BCUT2D eigenvalue weighted by molar-refractivity contribution is 0.582. The van der Waals surface area contributed by atoms with Crippen molar-refractivity contribution < 1.29 is 8.42 Å². The van der Waals surface area contributed by atoms with Crippen LogP contribution in [0.15, 0.2) is 40.4 Å². The first kappa shape index (κ1) is 15.7. The molecule has 2 rings (SSSR count). The number of nitrogens with one attached hydrogen (secondary N) is 1. The number of rotatable bonds is 6. The van der Waals surface area contributed by atoms with Crippen molar-refractivity contribution in [2.75, 3.05) is 16.2 Å². The molecule has 1 aromatic carbocycles. The van der Waals surface area contributed by atoms with Crippen LogP contribution in [0, 0.1) is 0 Å². The Morgan fingerprint density at radius 2 is 2.14 bits per heavy atom. The molecule has 0 saturated heterocycles. The van der Waals surface area contributed by atoms with E-state index in [0.717, 1.165) is 17.1 Å². The fraction of sp³-hybridized carbons (Fsp3) is 0.308. The molecule has 0 aliphatic carbocycles. The van der Waals surface area contributed by atoms with Crippen molar-refractivity contribution in [3.05, 3.63) is 30.5 Å². The zero-order valence-electron chi connectivity index (χ0n) is 11.9. The number of nitrogens with zero attached hydrogens (tertiary/aromatic N) is 2. The molecule has 21 heavy (non-hydrogen) atoms. The van der Waals surface area contributed by atoms with Crippen LogP contribution in [0.5, 0.6) is 0 Å². The van der Waals surface area contributed by atoms with Gasteiger partial charge in [0.25, 0.3) is 10.0 Å². The third-order valence-electron chi connectivity index (χ3n) is 2.79. The zero-order valence-corrected chi connectivity index (χ0v) is 13.5. The number of anilines is 2. The summed E-state index contributed by atoms with van der Waals surface area (Å²) in [5.74, 6) is 0.970. The quantitative estimate of drug-likeness (QED) is 0.628. The van der Waals surface area contributed by atoms with E-state index in [1.807, 2.05) is 6.07 Å². The summed E-state index contributed by atoms with van der Waals surface area (Å²) in [5, 5.41) is 3.96. The molecule has 0 spiro atoms. The molecule has 0 amide bonds. The number of aromatic nitrogens is 2. The molecule has 0 fully saturated rings. The summed E-state index contributed by atoms with van der Waals surface area (Å²) in [6.07, 6.45) is 2.48. The van der Waals surface area contributed by atoms with Crippen molar-refractivity contribution in [1.82, 2.24) is 9.78 Å². The van der Waals surface area contributed by atoms with Crippen LogP contribution in [-0.2, 0) is 17.1 Å². The van der Waals surface area contributed by atoms with Gasteiger partial charge in [-0.05, 0) is 36.4 Å². The third-order valence-corrected chi connectivity index (χ3v) is 5.43. The first-order valence-electron chi connectivity index (χ1n) is 6.47. The molecular formula is C13H18N4O2S2. The second-order valence-corrected chi connectivity index (χ2v) is 7.29. The normalized spacial score (nSPS) is 11.5. The van der Waals surface area contributed by atoms with Gasteiger partial charge in [0, 0.05) is 11.9 Å². The second kappa shape index (κ2) is 6.40. The maximum Gasteiger partial charge on any atom is 0.279 e. The van der Waals surface area contributed by atoms with Crippen LogP contribution in [0.1, 0.15) is 13.3 Å². The van der Waals surface area contributed by atoms with Gasteiger partial charge in [-0.15, -0.1) is 11.8 Å². The minimum atomic E-state index is -3.70. The van der Waals surface area contributed by atoms with Crippen LogP contribution >= 0.6 is 11.8 Å². The van der Waals surface area contributed by atoms with Gasteiger partial charge in [-0.25, -0.2) is 0 Å². The number of hydrogen-bond donors (Lipinski definition) is 2. The van der Waals surface area contributed by atoms with E-state index >= 15 is 0 Å². The lowest BCUT2D eigenvalue weighted by Gasteiger charge is -2.12. The van der Waals surface area contributed by atoms with Gasteiger partial charge in [0.15, 0.2) is 5.03 Å². The Morgan fingerprint density at radius 1 is 1.38 bits per heavy atom. The number of sulfonamides is 1. The molecule has 0 radical (unpaired) electrons. The van der Waals surface area contributed by atoms with E-state index in [0.29, 0.717) is 11.4 Å². The molecule has 8 heteroatoms. The third kappa shape index (κ3) is 3.70. The summed E-state index contributed by atoms with van der Waals surface area (Å²) < 4.78 is 28.5. The molecular weight excluding hydrogens is 308 g/mol. The van der Waals surface area contributed by atoms with Gasteiger partial charge in [0.2, 0.25) is 0 Å². The number of aryl methyl sites for hydroxylation is 1. The molecule has 0 saturated carbocycles. The van der Waals surface area contributed by atoms with E-state index in [-0.39, 0.29) is 5.03 Å². The highest BCUT2D eigenvalue weighted by Crippen LogP contribution is 2.28. The Labute approximate surface area is 128 Å². The predicted octanol–water partition coefficient (Wildman–Crippen LogP) is 2.31. The van der Waals surface area contributed by atoms with Gasteiger partial charge < -0.3 is 5.73 Å². The van der Waals surface area contributed by atoms with E-state index in [4.69, 9.17) is 5.73 Å². The van der Waals surface area contributed by atoms with Gasteiger partial charge >= 0.3 is 0 Å². The van der Waals surface area contributed by atoms with Crippen LogP contribution < -0.4 is 10.5 Å².